The molecule has 3 heterocycles. The molecule has 5 heteroatoms. The van der Waals surface area contributed by atoms with Gasteiger partial charge in [0.05, 0.1) is 11.9 Å². The van der Waals surface area contributed by atoms with E-state index in [1.165, 1.54) is 0 Å². The van der Waals surface area contributed by atoms with Crippen LogP contribution in [-0.4, -0.2) is 27.9 Å². The van der Waals surface area contributed by atoms with Crippen molar-refractivity contribution in [2.24, 2.45) is 0 Å². The predicted molar refractivity (Wildman–Crippen MR) is 76.5 cm³/mol. The molecule has 3 rings (SSSR count). The number of carbonyl (C=O) groups is 1. The molecule has 0 N–H and O–H groups in total. The molecule has 0 saturated heterocycles. The Morgan fingerprint density at radius 3 is 2.70 bits per heavy atom. The van der Waals surface area contributed by atoms with Crippen LogP contribution in [-0.2, 0) is 0 Å². The molecular formula is C15H12N4O. The van der Waals surface area contributed by atoms with Crippen molar-refractivity contribution >= 4 is 22.6 Å². The van der Waals surface area contributed by atoms with E-state index in [0.29, 0.717) is 11.2 Å². The lowest BCUT2D eigenvalue weighted by atomic mass is 10.2. The molecule has 20 heavy (non-hydrogen) atoms. The van der Waals surface area contributed by atoms with Crippen molar-refractivity contribution in [3.05, 3.63) is 60.7 Å². The maximum atomic E-state index is 12.3. The highest BCUT2D eigenvalue weighted by Crippen LogP contribution is 2.19. The Labute approximate surface area is 115 Å². The summed E-state index contributed by atoms with van der Waals surface area (Å²) in [5.74, 6) is -0.0996. The van der Waals surface area contributed by atoms with E-state index in [9.17, 15) is 4.79 Å². The number of hydrogen-bond donors (Lipinski definition) is 0. The first-order valence-corrected chi connectivity index (χ1v) is 6.14. The van der Waals surface area contributed by atoms with Gasteiger partial charge in [0.15, 0.2) is 5.65 Å². The molecule has 98 valence electrons. The van der Waals surface area contributed by atoms with Crippen LogP contribution in [0.2, 0.25) is 0 Å². The van der Waals surface area contributed by atoms with Gasteiger partial charge in [-0.3, -0.25) is 9.78 Å². The Kier molecular flexibility index (Phi) is 3.09. The smallest absolute Gasteiger partial charge is 0.258 e. The van der Waals surface area contributed by atoms with E-state index in [0.717, 1.165) is 11.1 Å². The largest absolute Gasteiger partial charge is 0.310 e. The maximum absolute atomic E-state index is 12.3. The van der Waals surface area contributed by atoms with Crippen LogP contribution < -0.4 is 4.90 Å². The van der Waals surface area contributed by atoms with Gasteiger partial charge in [0.2, 0.25) is 0 Å². The molecule has 0 radical (unpaired) electrons. The van der Waals surface area contributed by atoms with Gasteiger partial charge in [-0.1, -0.05) is 0 Å². The summed E-state index contributed by atoms with van der Waals surface area (Å²) in [7, 11) is 1.72. The summed E-state index contributed by atoms with van der Waals surface area (Å²) in [5.41, 5.74) is 1.99. The monoisotopic (exact) mass is 264 g/mol. The summed E-state index contributed by atoms with van der Waals surface area (Å²) in [6.07, 6.45) is 6.54. The molecule has 1 amide bonds. The van der Waals surface area contributed by atoms with Crippen molar-refractivity contribution in [2.45, 2.75) is 0 Å². The van der Waals surface area contributed by atoms with Crippen LogP contribution >= 0.6 is 0 Å². The third-order valence-corrected chi connectivity index (χ3v) is 3.06. The molecule has 0 fully saturated rings. The summed E-state index contributed by atoms with van der Waals surface area (Å²) in [6.45, 7) is 0. The standard InChI is InChI=1S/C15H12N4O/c1-19(15(20)11-4-7-16-8-5-11)13-9-12-3-2-6-17-14(12)18-10-13/h2-10H,1H3. The summed E-state index contributed by atoms with van der Waals surface area (Å²) >= 11 is 0. The van der Waals surface area contributed by atoms with E-state index in [1.54, 1.807) is 48.9 Å². The van der Waals surface area contributed by atoms with Crippen LogP contribution in [0.1, 0.15) is 10.4 Å². The molecule has 5 nitrogen and oxygen atoms in total. The first kappa shape index (κ1) is 12.2. The molecular weight excluding hydrogens is 252 g/mol. The number of pyridine rings is 3. The van der Waals surface area contributed by atoms with E-state index in [-0.39, 0.29) is 5.91 Å². The number of carbonyl (C=O) groups excluding carboxylic acids is 1. The Balaban J connectivity index is 1.96. The molecule has 0 aliphatic heterocycles. The zero-order valence-corrected chi connectivity index (χ0v) is 10.9. The first-order chi connectivity index (χ1) is 9.75. The highest BCUT2D eigenvalue weighted by Gasteiger charge is 2.13. The number of hydrogen-bond acceptors (Lipinski definition) is 4. The quantitative estimate of drug-likeness (QED) is 0.712. The summed E-state index contributed by atoms with van der Waals surface area (Å²) in [5, 5.41) is 0.902. The van der Waals surface area contributed by atoms with E-state index < -0.39 is 0 Å². The molecule has 0 aliphatic rings. The number of amides is 1. The summed E-state index contributed by atoms with van der Waals surface area (Å²) < 4.78 is 0. The molecule has 0 bridgehead atoms. The van der Waals surface area contributed by atoms with E-state index in [4.69, 9.17) is 0 Å². The summed E-state index contributed by atoms with van der Waals surface area (Å²) in [4.78, 5) is 26.2. The van der Waals surface area contributed by atoms with E-state index in [1.807, 2.05) is 18.2 Å². The topological polar surface area (TPSA) is 59.0 Å². The lowest BCUT2D eigenvalue weighted by Crippen LogP contribution is -2.26. The Morgan fingerprint density at radius 2 is 1.90 bits per heavy atom. The van der Waals surface area contributed by atoms with Crippen molar-refractivity contribution in [3.8, 4) is 0 Å². The van der Waals surface area contributed by atoms with Crippen LogP contribution in [0.3, 0.4) is 0 Å². The van der Waals surface area contributed by atoms with Gasteiger partial charge in [-0.25, -0.2) is 9.97 Å². The molecule has 0 aliphatic carbocycles. The molecule has 3 aromatic heterocycles. The second kappa shape index (κ2) is 5.05. The number of fused-ring (bicyclic) bond motifs is 1. The minimum absolute atomic E-state index is 0.0996. The zero-order chi connectivity index (χ0) is 13.9. The lowest BCUT2D eigenvalue weighted by molar-refractivity contribution is 0.0993. The van der Waals surface area contributed by atoms with Gasteiger partial charge in [-0.05, 0) is 30.3 Å². The van der Waals surface area contributed by atoms with Gasteiger partial charge in [-0.15, -0.1) is 0 Å². The normalized spacial score (nSPS) is 10.4. The fourth-order valence-corrected chi connectivity index (χ4v) is 1.94. The first-order valence-electron chi connectivity index (χ1n) is 6.14. The van der Waals surface area contributed by atoms with Gasteiger partial charge < -0.3 is 4.90 Å². The molecule has 0 saturated carbocycles. The van der Waals surface area contributed by atoms with Crippen molar-refractivity contribution in [1.82, 2.24) is 15.0 Å². The van der Waals surface area contributed by atoms with Crippen LogP contribution in [0.25, 0.3) is 11.0 Å². The molecule has 0 unspecified atom stereocenters. The van der Waals surface area contributed by atoms with Gasteiger partial charge in [0.1, 0.15) is 0 Å². The van der Waals surface area contributed by atoms with Gasteiger partial charge in [0, 0.05) is 36.6 Å². The fourth-order valence-electron chi connectivity index (χ4n) is 1.94. The predicted octanol–water partition coefficient (Wildman–Crippen LogP) is 2.30. The molecule has 0 atom stereocenters. The van der Waals surface area contributed by atoms with Gasteiger partial charge in [0.25, 0.3) is 5.91 Å². The van der Waals surface area contributed by atoms with E-state index >= 15 is 0 Å². The Morgan fingerprint density at radius 1 is 1.10 bits per heavy atom. The number of anilines is 1. The zero-order valence-electron chi connectivity index (χ0n) is 10.9. The van der Waals surface area contributed by atoms with Crippen molar-refractivity contribution < 1.29 is 4.79 Å². The van der Waals surface area contributed by atoms with Crippen molar-refractivity contribution in [1.29, 1.82) is 0 Å². The Bertz CT molecular complexity index is 758. The van der Waals surface area contributed by atoms with Crippen molar-refractivity contribution in [3.63, 3.8) is 0 Å². The average molecular weight is 264 g/mol. The van der Waals surface area contributed by atoms with Crippen LogP contribution in [0.4, 0.5) is 5.69 Å². The van der Waals surface area contributed by atoms with E-state index in [2.05, 4.69) is 15.0 Å². The highest BCUT2D eigenvalue weighted by molar-refractivity contribution is 6.06. The second-order valence-electron chi connectivity index (χ2n) is 4.34. The molecule has 3 aromatic rings. The number of nitrogens with zero attached hydrogens (tertiary/aromatic N) is 4. The minimum atomic E-state index is -0.0996. The Hall–Kier alpha value is -2.82. The number of rotatable bonds is 2. The third-order valence-electron chi connectivity index (χ3n) is 3.06. The minimum Gasteiger partial charge on any atom is -0.310 e. The lowest BCUT2D eigenvalue weighted by Gasteiger charge is -2.17. The third kappa shape index (κ3) is 2.21. The van der Waals surface area contributed by atoms with Gasteiger partial charge in [-0.2, -0.15) is 0 Å². The maximum Gasteiger partial charge on any atom is 0.258 e. The van der Waals surface area contributed by atoms with Crippen LogP contribution in [0.5, 0.6) is 0 Å². The SMILES string of the molecule is CN(C(=O)c1ccncc1)c1cnc2ncccc2c1. The van der Waals surface area contributed by atoms with Crippen molar-refractivity contribution in [2.75, 3.05) is 11.9 Å². The van der Waals surface area contributed by atoms with Gasteiger partial charge >= 0.3 is 0 Å². The second-order valence-corrected chi connectivity index (χ2v) is 4.34. The summed E-state index contributed by atoms with van der Waals surface area (Å²) in [6, 6.07) is 9.04. The average Bonchev–Trinajstić information content (AvgIpc) is 2.54. The van der Waals surface area contributed by atoms with Crippen LogP contribution in [0.15, 0.2) is 55.1 Å². The molecule has 0 spiro atoms. The van der Waals surface area contributed by atoms with Crippen LogP contribution in [0, 0.1) is 0 Å². The fraction of sp³-hybridized carbons (Fsp3) is 0.0667. The molecule has 0 aromatic carbocycles. The highest BCUT2D eigenvalue weighted by atomic mass is 16.2. The number of aromatic nitrogens is 3.